The van der Waals surface area contributed by atoms with Gasteiger partial charge in [0.05, 0.1) is 4.90 Å². The molecule has 1 rings (SSSR count). The van der Waals surface area contributed by atoms with E-state index in [0.717, 1.165) is 5.56 Å². The summed E-state index contributed by atoms with van der Waals surface area (Å²) in [7, 11) is -1.60. The number of rotatable bonds is 6. The van der Waals surface area contributed by atoms with Crippen LogP contribution in [0.15, 0.2) is 29.2 Å². The van der Waals surface area contributed by atoms with Crippen LogP contribution in [0.3, 0.4) is 0 Å². The molecule has 0 aromatic heterocycles. The Kier molecular flexibility index (Phi) is 5.74. The molecule has 0 saturated heterocycles. The van der Waals surface area contributed by atoms with Gasteiger partial charge in [0.1, 0.15) is 0 Å². The third-order valence-electron chi connectivity index (χ3n) is 3.65. The Labute approximate surface area is 123 Å². The molecule has 1 aromatic rings. The first-order chi connectivity index (χ1) is 9.16. The minimum absolute atomic E-state index is 0.0799. The largest absolute Gasteiger partial charge is 0.316 e. The van der Waals surface area contributed by atoms with Gasteiger partial charge in [-0.3, -0.25) is 0 Å². The monoisotopic (exact) mass is 298 g/mol. The molecule has 0 aliphatic rings. The molecule has 0 heterocycles. The number of hydrogen-bond acceptors (Lipinski definition) is 3. The van der Waals surface area contributed by atoms with Gasteiger partial charge in [0.2, 0.25) is 10.0 Å². The molecule has 1 aromatic carbocycles. The van der Waals surface area contributed by atoms with E-state index in [4.69, 9.17) is 0 Å². The van der Waals surface area contributed by atoms with E-state index in [2.05, 4.69) is 37.7 Å². The summed E-state index contributed by atoms with van der Waals surface area (Å²) in [5, 5.41) is 3.02. The van der Waals surface area contributed by atoms with Crippen molar-refractivity contribution in [1.82, 2.24) is 10.0 Å². The molecule has 114 valence electrons. The average molecular weight is 298 g/mol. The van der Waals surface area contributed by atoms with E-state index in [9.17, 15) is 8.42 Å². The van der Waals surface area contributed by atoms with Crippen molar-refractivity contribution in [3.05, 3.63) is 29.8 Å². The summed E-state index contributed by atoms with van der Waals surface area (Å²) in [6.45, 7) is 9.49. The first kappa shape index (κ1) is 17.1. The van der Waals surface area contributed by atoms with Crippen LogP contribution in [-0.2, 0) is 16.6 Å². The number of hydrogen-bond donors (Lipinski definition) is 2. The number of sulfonamides is 1. The van der Waals surface area contributed by atoms with Gasteiger partial charge in [-0.05, 0) is 36.1 Å². The highest BCUT2D eigenvalue weighted by atomic mass is 32.2. The lowest BCUT2D eigenvalue weighted by atomic mass is 9.82. The van der Waals surface area contributed by atoms with Gasteiger partial charge in [-0.15, -0.1) is 0 Å². The van der Waals surface area contributed by atoms with E-state index in [1.807, 2.05) is 13.1 Å². The van der Waals surface area contributed by atoms with E-state index in [0.29, 0.717) is 18.0 Å². The second kappa shape index (κ2) is 6.70. The van der Waals surface area contributed by atoms with Gasteiger partial charge in [0, 0.05) is 13.1 Å². The van der Waals surface area contributed by atoms with Crippen LogP contribution < -0.4 is 10.0 Å². The Bertz CT molecular complexity index is 533. The first-order valence-electron chi connectivity index (χ1n) is 6.90. The normalized spacial score (nSPS) is 14.2. The Hall–Kier alpha value is -0.910. The fraction of sp³-hybridized carbons (Fsp3) is 0.600. The summed E-state index contributed by atoms with van der Waals surface area (Å²) < 4.78 is 27.3. The molecular formula is C15H26N2O2S. The Morgan fingerprint density at radius 3 is 2.45 bits per heavy atom. The van der Waals surface area contributed by atoms with Crippen LogP contribution in [0.1, 0.15) is 33.3 Å². The molecule has 0 aliphatic carbocycles. The maximum atomic E-state index is 12.3. The minimum atomic E-state index is -3.43. The lowest BCUT2D eigenvalue weighted by Gasteiger charge is -2.27. The van der Waals surface area contributed by atoms with Crippen molar-refractivity contribution in [2.24, 2.45) is 11.3 Å². The lowest BCUT2D eigenvalue weighted by Crippen LogP contribution is -2.33. The molecule has 5 heteroatoms. The van der Waals surface area contributed by atoms with Crippen LogP contribution in [0.2, 0.25) is 0 Å². The molecule has 1 unspecified atom stereocenters. The summed E-state index contributed by atoms with van der Waals surface area (Å²) in [5.41, 5.74) is 1.04. The van der Waals surface area contributed by atoms with Crippen molar-refractivity contribution in [2.45, 2.75) is 39.1 Å². The topological polar surface area (TPSA) is 58.2 Å². The van der Waals surface area contributed by atoms with Crippen molar-refractivity contribution >= 4 is 10.0 Å². The quantitative estimate of drug-likeness (QED) is 0.847. The predicted molar refractivity (Wildman–Crippen MR) is 83.0 cm³/mol. The van der Waals surface area contributed by atoms with Gasteiger partial charge in [-0.25, -0.2) is 13.1 Å². The first-order valence-corrected chi connectivity index (χ1v) is 8.38. The highest BCUT2D eigenvalue weighted by Gasteiger charge is 2.22. The number of benzene rings is 1. The SMILES string of the molecule is CNCc1cccc(S(=O)(=O)NCC(C)C(C)(C)C)c1. The number of nitrogens with one attached hydrogen (secondary N) is 2. The van der Waals surface area contributed by atoms with Gasteiger partial charge >= 0.3 is 0 Å². The molecule has 0 saturated carbocycles. The second-order valence-corrected chi connectivity index (χ2v) is 8.06. The fourth-order valence-electron chi connectivity index (χ4n) is 1.65. The van der Waals surface area contributed by atoms with Gasteiger partial charge in [0.25, 0.3) is 0 Å². The van der Waals surface area contributed by atoms with Crippen LogP contribution in [0, 0.1) is 11.3 Å². The maximum Gasteiger partial charge on any atom is 0.240 e. The molecule has 1 atom stereocenters. The molecule has 0 spiro atoms. The maximum absolute atomic E-state index is 12.3. The van der Waals surface area contributed by atoms with Crippen molar-refractivity contribution in [3.63, 3.8) is 0 Å². The molecule has 0 fully saturated rings. The Morgan fingerprint density at radius 2 is 1.90 bits per heavy atom. The van der Waals surface area contributed by atoms with Gasteiger partial charge < -0.3 is 5.32 Å². The van der Waals surface area contributed by atoms with E-state index in [-0.39, 0.29) is 11.3 Å². The van der Waals surface area contributed by atoms with Gasteiger partial charge in [-0.2, -0.15) is 0 Å². The molecule has 2 N–H and O–H groups in total. The average Bonchev–Trinajstić information content (AvgIpc) is 2.35. The van der Waals surface area contributed by atoms with Crippen molar-refractivity contribution in [2.75, 3.05) is 13.6 Å². The molecule has 4 nitrogen and oxygen atoms in total. The van der Waals surface area contributed by atoms with Crippen LogP contribution in [-0.4, -0.2) is 22.0 Å². The summed E-state index contributed by atoms with van der Waals surface area (Å²) in [4.78, 5) is 0.325. The van der Waals surface area contributed by atoms with Crippen LogP contribution in [0.25, 0.3) is 0 Å². The molecule has 0 amide bonds. The zero-order valence-electron chi connectivity index (χ0n) is 13.0. The van der Waals surface area contributed by atoms with Gasteiger partial charge in [0.15, 0.2) is 0 Å². The molecule has 0 aliphatic heterocycles. The smallest absolute Gasteiger partial charge is 0.240 e. The van der Waals surface area contributed by atoms with Crippen molar-refractivity contribution < 1.29 is 8.42 Å². The molecule has 20 heavy (non-hydrogen) atoms. The lowest BCUT2D eigenvalue weighted by molar-refractivity contribution is 0.263. The molecular weight excluding hydrogens is 272 g/mol. The predicted octanol–water partition coefficient (Wildman–Crippen LogP) is 2.37. The summed E-state index contributed by atoms with van der Waals surface area (Å²) in [5.74, 6) is 0.262. The third kappa shape index (κ3) is 4.89. The zero-order chi connectivity index (χ0) is 15.4. The summed E-state index contributed by atoms with van der Waals surface area (Å²) >= 11 is 0. The van der Waals surface area contributed by atoms with E-state index in [1.165, 1.54) is 0 Å². The Morgan fingerprint density at radius 1 is 1.25 bits per heavy atom. The Balaban J connectivity index is 2.81. The highest BCUT2D eigenvalue weighted by molar-refractivity contribution is 7.89. The third-order valence-corrected chi connectivity index (χ3v) is 5.07. The van der Waals surface area contributed by atoms with Crippen LogP contribution in [0.4, 0.5) is 0 Å². The van der Waals surface area contributed by atoms with Crippen molar-refractivity contribution in [3.8, 4) is 0 Å². The van der Waals surface area contributed by atoms with E-state index < -0.39 is 10.0 Å². The zero-order valence-corrected chi connectivity index (χ0v) is 13.8. The minimum Gasteiger partial charge on any atom is -0.316 e. The highest BCUT2D eigenvalue weighted by Crippen LogP contribution is 2.25. The van der Waals surface area contributed by atoms with Crippen LogP contribution >= 0.6 is 0 Å². The van der Waals surface area contributed by atoms with Gasteiger partial charge in [-0.1, -0.05) is 39.8 Å². The van der Waals surface area contributed by atoms with E-state index in [1.54, 1.807) is 18.2 Å². The standard InChI is InChI=1S/C15H26N2O2S/c1-12(15(2,3)4)10-17-20(18,19)14-8-6-7-13(9-14)11-16-5/h6-9,12,16-17H,10-11H2,1-5H3. The second-order valence-electron chi connectivity index (χ2n) is 6.30. The fourth-order valence-corrected chi connectivity index (χ4v) is 2.85. The summed E-state index contributed by atoms with van der Waals surface area (Å²) in [6, 6.07) is 7.02. The van der Waals surface area contributed by atoms with Crippen molar-refractivity contribution in [1.29, 1.82) is 0 Å². The van der Waals surface area contributed by atoms with Crippen LogP contribution in [0.5, 0.6) is 0 Å². The molecule has 0 bridgehead atoms. The van der Waals surface area contributed by atoms with E-state index >= 15 is 0 Å². The molecule has 0 radical (unpaired) electrons. The summed E-state index contributed by atoms with van der Waals surface area (Å²) in [6.07, 6.45) is 0.